The van der Waals surface area contributed by atoms with Crippen LogP contribution in [0.2, 0.25) is 0 Å². The summed E-state index contributed by atoms with van der Waals surface area (Å²) in [5.74, 6) is 2.34. The number of rotatable bonds is 3. The monoisotopic (exact) mass is 240 g/mol. The zero-order chi connectivity index (χ0) is 11.7. The molecule has 0 aliphatic heterocycles. The van der Waals surface area contributed by atoms with Crippen molar-refractivity contribution in [3.63, 3.8) is 0 Å². The van der Waals surface area contributed by atoms with E-state index in [9.17, 15) is 0 Å². The van der Waals surface area contributed by atoms with E-state index in [0.717, 1.165) is 14.6 Å². The van der Waals surface area contributed by atoms with Gasteiger partial charge in [0.1, 0.15) is 0 Å². The highest BCUT2D eigenvalue weighted by Crippen LogP contribution is 2.38. The second kappa shape index (κ2) is 4.55. The van der Waals surface area contributed by atoms with E-state index in [1.165, 1.54) is 24.0 Å². The van der Waals surface area contributed by atoms with E-state index >= 15 is 0 Å². The van der Waals surface area contributed by atoms with E-state index in [0.29, 0.717) is 0 Å². The Labute approximate surface area is 104 Å². The smallest absolute Gasteiger partial charge is 0.00104 e. The fourth-order valence-electron chi connectivity index (χ4n) is 2.62. The first kappa shape index (κ1) is 10.9. The standard InChI is InChI=1S/C16H17P/c1-2-5-12-8-9-17-16(12)15-10-13-6-3-4-7-14(13)11-15/h3-4,6-10,17H,2,5,11H2,1H3. The molecule has 1 aromatic carbocycles. The Kier molecular flexibility index (Phi) is 2.91. The molecule has 0 amide bonds. The normalized spacial score (nSPS) is 14.1. The first-order valence-corrected chi connectivity index (χ1v) is 7.41. The summed E-state index contributed by atoms with van der Waals surface area (Å²) < 4.78 is 0. The van der Waals surface area contributed by atoms with E-state index in [4.69, 9.17) is 0 Å². The molecule has 1 aromatic heterocycles. The Morgan fingerprint density at radius 1 is 1.18 bits per heavy atom. The summed E-state index contributed by atoms with van der Waals surface area (Å²) >= 11 is 0. The molecule has 0 saturated carbocycles. The van der Waals surface area contributed by atoms with Gasteiger partial charge in [0.2, 0.25) is 0 Å². The van der Waals surface area contributed by atoms with Crippen LogP contribution in [0.1, 0.15) is 35.3 Å². The van der Waals surface area contributed by atoms with Crippen molar-refractivity contribution >= 4 is 19.8 Å². The van der Waals surface area contributed by atoms with Crippen LogP contribution in [0.25, 0.3) is 11.6 Å². The SMILES string of the molecule is CCCc1cc[pH]c1C1=Cc2ccccc2C1. The highest BCUT2D eigenvalue weighted by Gasteiger charge is 2.15. The van der Waals surface area contributed by atoms with Gasteiger partial charge in [0.05, 0.1) is 0 Å². The molecule has 1 aliphatic carbocycles. The topological polar surface area (TPSA) is 0 Å². The number of hydrogen-bond acceptors (Lipinski definition) is 0. The highest BCUT2D eigenvalue weighted by atomic mass is 31.0. The third-order valence-electron chi connectivity index (χ3n) is 3.44. The van der Waals surface area contributed by atoms with Gasteiger partial charge in [-0.15, -0.1) is 8.19 Å². The molecule has 0 N–H and O–H groups in total. The van der Waals surface area contributed by atoms with E-state index in [1.54, 1.807) is 16.4 Å². The lowest BCUT2D eigenvalue weighted by Gasteiger charge is -2.04. The minimum absolute atomic E-state index is 0.882. The van der Waals surface area contributed by atoms with E-state index < -0.39 is 0 Å². The Balaban J connectivity index is 1.95. The molecule has 0 fully saturated rings. The Hall–Kier alpha value is -1.26. The third-order valence-corrected chi connectivity index (χ3v) is 4.70. The molecular weight excluding hydrogens is 223 g/mol. The number of hydrogen-bond donors (Lipinski definition) is 0. The average Bonchev–Trinajstić information content (AvgIpc) is 2.94. The van der Waals surface area contributed by atoms with Crippen LogP contribution in [0.15, 0.2) is 36.1 Å². The minimum Gasteiger partial charge on any atom is -0.132 e. The van der Waals surface area contributed by atoms with Crippen LogP contribution < -0.4 is 0 Å². The zero-order valence-electron chi connectivity index (χ0n) is 10.2. The lowest BCUT2D eigenvalue weighted by atomic mass is 10.0. The van der Waals surface area contributed by atoms with Crippen molar-refractivity contribution in [2.45, 2.75) is 26.2 Å². The van der Waals surface area contributed by atoms with Crippen LogP contribution >= 0.6 is 8.19 Å². The molecule has 17 heavy (non-hydrogen) atoms. The molecule has 1 unspecified atom stereocenters. The molecule has 1 heterocycles. The predicted octanol–water partition coefficient (Wildman–Crippen LogP) is 4.77. The molecule has 0 bridgehead atoms. The van der Waals surface area contributed by atoms with Gasteiger partial charge in [0, 0.05) is 0 Å². The van der Waals surface area contributed by atoms with Crippen LogP contribution in [0.5, 0.6) is 0 Å². The summed E-state index contributed by atoms with van der Waals surface area (Å²) in [7, 11) is 0.882. The van der Waals surface area contributed by atoms with Gasteiger partial charge in [0.25, 0.3) is 0 Å². The Bertz CT molecular complexity index is 560. The maximum atomic E-state index is 2.39. The fraction of sp³-hybridized carbons (Fsp3) is 0.250. The second-order valence-corrected chi connectivity index (χ2v) is 5.80. The van der Waals surface area contributed by atoms with E-state index in [-0.39, 0.29) is 0 Å². The van der Waals surface area contributed by atoms with Crippen LogP contribution in [-0.4, -0.2) is 0 Å². The van der Waals surface area contributed by atoms with Gasteiger partial charge in [-0.1, -0.05) is 49.8 Å². The maximum Gasteiger partial charge on any atom is -0.00104 e. The largest absolute Gasteiger partial charge is 0.132 e. The van der Waals surface area contributed by atoms with Crippen LogP contribution in [0, 0.1) is 0 Å². The van der Waals surface area contributed by atoms with Crippen molar-refractivity contribution in [3.05, 3.63) is 58.1 Å². The van der Waals surface area contributed by atoms with Gasteiger partial charge in [0.15, 0.2) is 0 Å². The van der Waals surface area contributed by atoms with Gasteiger partial charge in [-0.05, 0) is 46.2 Å². The quantitative estimate of drug-likeness (QED) is 0.725. The summed E-state index contributed by atoms with van der Waals surface area (Å²) in [5, 5.41) is 1.61. The third kappa shape index (κ3) is 1.98. The molecule has 0 saturated heterocycles. The molecule has 1 atom stereocenters. The first-order valence-electron chi connectivity index (χ1n) is 6.33. The highest BCUT2D eigenvalue weighted by molar-refractivity contribution is 7.31. The average molecular weight is 240 g/mol. The van der Waals surface area contributed by atoms with Crippen molar-refractivity contribution in [2.75, 3.05) is 0 Å². The zero-order valence-corrected chi connectivity index (χ0v) is 11.2. The first-order chi connectivity index (χ1) is 8.38. The van der Waals surface area contributed by atoms with Gasteiger partial charge in [-0.25, -0.2) is 0 Å². The molecule has 2 aromatic rings. The predicted molar refractivity (Wildman–Crippen MR) is 78.0 cm³/mol. The van der Waals surface area contributed by atoms with Gasteiger partial charge < -0.3 is 0 Å². The molecule has 0 spiro atoms. The summed E-state index contributed by atoms with van der Waals surface area (Å²) in [6.07, 6.45) is 5.99. The summed E-state index contributed by atoms with van der Waals surface area (Å²) in [6, 6.07) is 11.1. The molecule has 86 valence electrons. The second-order valence-electron chi connectivity index (χ2n) is 4.67. The van der Waals surface area contributed by atoms with Gasteiger partial charge >= 0.3 is 0 Å². The Morgan fingerprint density at radius 3 is 2.88 bits per heavy atom. The maximum absolute atomic E-state index is 2.39. The van der Waals surface area contributed by atoms with Crippen LogP contribution in [0.3, 0.4) is 0 Å². The van der Waals surface area contributed by atoms with Crippen molar-refractivity contribution in [1.29, 1.82) is 0 Å². The van der Waals surface area contributed by atoms with E-state index in [2.05, 4.69) is 49.1 Å². The molecule has 1 heteroatoms. The summed E-state index contributed by atoms with van der Waals surface area (Å²) in [5.41, 5.74) is 6.04. The number of benzene rings is 1. The van der Waals surface area contributed by atoms with Crippen molar-refractivity contribution < 1.29 is 0 Å². The lowest BCUT2D eigenvalue weighted by Crippen LogP contribution is -1.87. The van der Waals surface area contributed by atoms with Gasteiger partial charge in [-0.2, -0.15) is 0 Å². The number of allylic oxidation sites excluding steroid dienone is 1. The molecule has 1 aliphatic rings. The number of fused-ring (bicyclic) bond motifs is 1. The van der Waals surface area contributed by atoms with Crippen molar-refractivity contribution in [2.24, 2.45) is 0 Å². The van der Waals surface area contributed by atoms with Crippen LogP contribution in [-0.2, 0) is 12.8 Å². The molecular formula is C16H17P. The lowest BCUT2D eigenvalue weighted by molar-refractivity contribution is 0.923. The van der Waals surface area contributed by atoms with E-state index in [1.807, 2.05) is 0 Å². The summed E-state index contributed by atoms with van der Waals surface area (Å²) in [6.45, 7) is 2.26. The molecule has 3 rings (SSSR count). The van der Waals surface area contributed by atoms with Crippen LogP contribution in [0.4, 0.5) is 0 Å². The fourth-order valence-corrected chi connectivity index (χ4v) is 3.81. The Morgan fingerprint density at radius 2 is 2.06 bits per heavy atom. The summed E-state index contributed by atoms with van der Waals surface area (Å²) in [4.78, 5) is 0. The van der Waals surface area contributed by atoms with Crippen molar-refractivity contribution in [1.82, 2.24) is 0 Å². The molecule has 0 radical (unpaired) electrons. The van der Waals surface area contributed by atoms with Gasteiger partial charge in [-0.3, -0.25) is 0 Å². The minimum atomic E-state index is 0.882. The molecule has 0 nitrogen and oxygen atoms in total. The van der Waals surface area contributed by atoms with Crippen molar-refractivity contribution in [3.8, 4) is 0 Å². The number of aryl methyl sites for hydroxylation is 1.